The molecule has 6 nitrogen and oxygen atoms in total. The number of aromatic nitrogens is 1. The maximum Gasteiger partial charge on any atom is 0.295 e. The molecule has 152 valence electrons. The lowest BCUT2D eigenvalue weighted by molar-refractivity contribution is -0.140. The minimum Gasteiger partial charge on any atom is -0.507 e. The Labute approximate surface area is 182 Å². The summed E-state index contributed by atoms with van der Waals surface area (Å²) in [6.07, 6.45) is 3.28. The number of nitrogens with zero attached hydrogens (tertiary/aromatic N) is 2. The van der Waals surface area contributed by atoms with Gasteiger partial charge in [0.25, 0.3) is 11.7 Å². The number of ether oxygens (including phenoxy) is 1. The highest BCUT2D eigenvalue weighted by atomic mass is 35.5. The fourth-order valence-electron chi connectivity index (χ4n) is 3.48. The number of ketones is 1. The first-order chi connectivity index (χ1) is 14.5. The summed E-state index contributed by atoms with van der Waals surface area (Å²) in [7, 11) is 1.46. The number of aliphatic hydroxyl groups excluding tert-OH is 1. The molecule has 0 spiro atoms. The molecule has 0 bridgehead atoms. The van der Waals surface area contributed by atoms with E-state index in [1.54, 1.807) is 30.6 Å². The molecule has 8 heteroatoms. The minimum atomic E-state index is -0.753. The lowest BCUT2D eigenvalue weighted by Crippen LogP contribution is -2.28. The predicted molar refractivity (Wildman–Crippen MR) is 114 cm³/mol. The molecule has 3 heterocycles. The second kappa shape index (κ2) is 8.30. The van der Waals surface area contributed by atoms with Crippen LogP contribution in [-0.2, 0) is 16.1 Å². The average molecular weight is 441 g/mol. The van der Waals surface area contributed by atoms with E-state index in [0.29, 0.717) is 10.8 Å². The lowest BCUT2D eigenvalue weighted by atomic mass is 9.99. The summed E-state index contributed by atoms with van der Waals surface area (Å²) in [6, 6.07) is 11.3. The van der Waals surface area contributed by atoms with Crippen LogP contribution >= 0.6 is 22.9 Å². The molecular weight excluding hydrogens is 424 g/mol. The second-order valence-corrected chi connectivity index (χ2v) is 8.06. The van der Waals surface area contributed by atoms with E-state index in [4.69, 9.17) is 16.3 Å². The summed E-state index contributed by atoms with van der Waals surface area (Å²) >= 11 is 7.51. The van der Waals surface area contributed by atoms with Crippen molar-refractivity contribution in [1.29, 1.82) is 0 Å². The van der Waals surface area contributed by atoms with E-state index in [-0.39, 0.29) is 23.4 Å². The molecule has 1 fully saturated rings. The summed E-state index contributed by atoms with van der Waals surface area (Å²) in [5.41, 5.74) is 1.04. The zero-order chi connectivity index (χ0) is 21.3. The Morgan fingerprint density at radius 1 is 1.27 bits per heavy atom. The van der Waals surface area contributed by atoms with Crippen molar-refractivity contribution in [2.45, 2.75) is 12.6 Å². The molecule has 3 aromatic rings. The van der Waals surface area contributed by atoms with E-state index in [0.717, 1.165) is 10.4 Å². The molecule has 1 N–H and O–H groups in total. The number of halogens is 1. The molecule has 0 radical (unpaired) electrons. The van der Waals surface area contributed by atoms with E-state index >= 15 is 0 Å². The Hall–Kier alpha value is -3.16. The number of likely N-dealkylation sites (tertiary alicyclic amines) is 1. The monoisotopic (exact) mass is 440 g/mol. The van der Waals surface area contributed by atoms with Gasteiger partial charge in [-0.15, -0.1) is 11.3 Å². The number of carbonyl (C=O) groups excluding carboxylic acids is 2. The fourth-order valence-corrected chi connectivity index (χ4v) is 4.50. The molecule has 2 aromatic heterocycles. The Morgan fingerprint density at radius 2 is 2.10 bits per heavy atom. The van der Waals surface area contributed by atoms with Gasteiger partial charge in [-0.2, -0.15) is 0 Å². The van der Waals surface area contributed by atoms with Gasteiger partial charge in [0, 0.05) is 28.8 Å². The first-order valence-corrected chi connectivity index (χ1v) is 10.3. The third-order valence-electron chi connectivity index (χ3n) is 4.84. The van der Waals surface area contributed by atoms with Gasteiger partial charge in [-0.3, -0.25) is 14.6 Å². The van der Waals surface area contributed by atoms with Gasteiger partial charge in [-0.25, -0.2) is 0 Å². The number of amides is 1. The highest BCUT2D eigenvalue weighted by molar-refractivity contribution is 7.10. The van der Waals surface area contributed by atoms with Crippen LogP contribution < -0.4 is 4.74 Å². The third-order valence-corrected chi connectivity index (χ3v) is 6.00. The number of Topliss-reactive ketones (excluding diaryl/α,β-unsaturated/α-hetero) is 1. The number of hydrogen-bond acceptors (Lipinski definition) is 6. The molecule has 1 aromatic carbocycles. The molecule has 1 amide bonds. The van der Waals surface area contributed by atoms with E-state index in [1.165, 1.54) is 29.4 Å². The number of benzene rings is 1. The Morgan fingerprint density at radius 3 is 2.77 bits per heavy atom. The van der Waals surface area contributed by atoms with E-state index in [9.17, 15) is 14.7 Å². The van der Waals surface area contributed by atoms with Crippen molar-refractivity contribution >= 4 is 40.4 Å². The van der Waals surface area contributed by atoms with Gasteiger partial charge in [0.1, 0.15) is 11.5 Å². The van der Waals surface area contributed by atoms with Gasteiger partial charge in [-0.1, -0.05) is 23.7 Å². The minimum absolute atomic E-state index is 0.00640. The van der Waals surface area contributed by atoms with Crippen LogP contribution in [-0.4, -0.2) is 33.8 Å². The van der Waals surface area contributed by atoms with Crippen LogP contribution in [0.3, 0.4) is 0 Å². The molecule has 4 rings (SSSR count). The summed E-state index contributed by atoms with van der Waals surface area (Å²) in [6.45, 7) is 0.185. The average Bonchev–Trinajstić information content (AvgIpc) is 3.37. The molecule has 0 aliphatic carbocycles. The normalized spacial score (nSPS) is 18.1. The Kier molecular flexibility index (Phi) is 5.57. The number of pyridine rings is 1. The standard InChI is InChI=1S/C22H17ClN2O4S/c1-29-16-7-6-14(23)10-15(16)20(26)18-19(17-5-3-9-30-17)25(22(28)21(18)27)12-13-4-2-8-24-11-13/h2-11,19,26H,12H2,1H3. The molecule has 30 heavy (non-hydrogen) atoms. The SMILES string of the molecule is COc1ccc(Cl)cc1C(O)=C1C(=O)C(=O)N(Cc2cccnc2)C1c1cccs1. The maximum absolute atomic E-state index is 13.0. The smallest absolute Gasteiger partial charge is 0.295 e. The van der Waals surface area contributed by atoms with Crippen LogP contribution in [0.5, 0.6) is 5.75 Å². The zero-order valence-electron chi connectivity index (χ0n) is 15.9. The second-order valence-electron chi connectivity index (χ2n) is 6.65. The van der Waals surface area contributed by atoms with Crippen LogP contribution in [0.1, 0.15) is 22.0 Å². The van der Waals surface area contributed by atoms with Gasteiger partial charge in [0.15, 0.2) is 0 Å². The Bertz CT molecular complexity index is 1130. The van der Waals surface area contributed by atoms with Crippen molar-refractivity contribution in [3.63, 3.8) is 0 Å². The van der Waals surface area contributed by atoms with Crippen LogP contribution in [0.2, 0.25) is 5.02 Å². The number of methoxy groups -OCH3 is 1. The number of rotatable bonds is 5. The van der Waals surface area contributed by atoms with Crippen LogP contribution in [0.25, 0.3) is 5.76 Å². The van der Waals surface area contributed by atoms with Crippen molar-refractivity contribution in [1.82, 2.24) is 9.88 Å². The molecule has 1 aliphatic rings. The van der Waals surface area contributed by atoms with Crippen molar-refractivity contribution in [2.24, 2.45) is 0 Å². The van der Waals surface area contributed by atoms with Crippen molar-refractivity contribution < 1.29 is 19.4 Å². The highest BCUT2D eigenvalue weighted by Gasteiger charge is 2.46. The number of hydrogen-bond donors (Lipinski definition) is 1. The summed E-state index contributed by atoms with van der Waals surface area (Å²) in [5, 5.41) is 13.4. The lowest BCUT2D eigenvalue weighted by Gasteiger charge is -2.24. The van der Waals surface area contributed by atoms with Gasteiger partial charge < -0.3 is 14.7 Å². The van der Waals surface area contributed by atoms with Gasteiger partial charge in [-0.05, 0) is 41.3 Å². The van der Waals surface area contributed by atoms with Crippen molar-refractivity contribution in [2.75, 3.05) is 7.11 Å². The topological polar surface area (TPSA) is 79.7 Å². The van der Waals surface area contributed by atoms with Crippen molar-refractivity contribution in [3.05, 3.63) is 86.8 Å². The van der Waals surface area contributed by atoms with Gasteiger partial charge in [0.2, 0.25) is 0 Å². The van der Waals surface area contributed by atoms with E-state index in [2.05, 4.69) is 4.98 Å². The molecule has 1 unspecified atom stereocenters. The number of thiophene rings is 1. The van der Waals surface area contributed by atoms with E-state index in [1.807, 2.05) is 23.6 Å². The predicted octanol–water partition coefficient (Wildman–Crippen LogP) is 4.43. The fraction of sp³-hybridized carbons (Fsp3) is 0.136. The largest absolute Gasteiger partial charge is 0.507 e. The van der Waals surface area contributed by atoms with Crippen molar-refractivity contribution in [3.8, 4) is 5.75 Å². The van der Waals surface area contributed by atoms with Crippen LogP contribution in [0.15, 0.2) is 65.8 Å². The molecular formula is C22H17ClN2O4S. The first kappa shape index (κ1) is 20.1. The van der Waals surface area contributed by atoms with Gasteiger partial charge >= 0.3 is 0 Å². The summed E-state index contributed by atoms with van der Waals surface area (Å²) < 4.78 is 5.32. The number of carbonyl (C=O) groups is 2. The molecule has 0 saturated carbocycles. The van der Waals surface area contributed by atoms with Crippen LogP contribution in [0.4, 0.5) is 0 Å². The summed E-state index contributed by atoms with van der Waals surface area (Å²) in [5.74, 6) is -1.41. The van der Waals surface area contributed by atoms with Gasteiger partial charge in [0.05, 0.1) is 24.3 Å². The first-order valence-electron chi connectivity index (χ1n) is 9.06. The summed E-state index contributed by atoms with van der Waals surface area (Å²) in [4.78, 5) is 32.3. The maximum atomic E-state index is 13.0. The number of aliphatic hydroxyl groups is 1. The highest BCUT2D eigenvalue weighted by Crippen LogP contribution is 2.43. The molecule has 1 saturated heterocycles. The van der Waals surface area contributed by atoms with E-state index < -0.39 is 17.7 Å². The quantitative estimate of drug-likeness (QED) is 0.360. The molecule has 1 aliphatic heterocycles. The Balaban J connectivity index is 1.88. The zero-order valence-corrected chi connectivity index (χ0v) is 17.5. The molecule has 1 atom stereocenters. The third kappa shape index (κ3) is 3.58. The van der Waals surface area contributed by atoms with Crippen LogP contribution in [0, 0.1) is 0 Å².